The number of guanidine groups is 1. The van der Waals surface area contributed by atoms with Crippen LogP contribution in [0.4, 0.5) is 0 Å². The second-order valence-corrected chi connectivity index (χ2v) is 6.24. The number of nitrogens with one attached hydrogen (secondary N) is 1. The molecule has 1 aliphatic heterocycles. The van der Waals surface area contributed by atoms with Gasteiger partial charge < -0.3 is 15.6 Å². The van der Waals surface area contributed by atoms with Crippen molar-refractivity contribution in [3.63, 3.8) is 0 Å². The highest BCUT2D eigenvalue weighted by Crippen LogP contribution is 2.22. The topological polar surface area (TPSA) is 79.7 Å². The first-order valence-electron chi connectivity index (χ1n) is 8.91. The maximum atomic E-state index is 5.96. The van der Waals surface area contributed by atoms with E-state index in [-0.39, 0.29) is 24.0 Å². The molecule has 3 N–H and O–H groups in total. The molecule has 1 aliphatic rings. The van der Waals surface area contributed by atoms with Gasteiger partial charge in [0.1, 0.15) is 6.54 Å². The summed E-state index contributed by atoms with van der Waals surface area (Å²) < 4.78 is 5.36. The Morgan fingerprint density at radius 3 is 2.88 bits per heavy atom. The molecule has 1 aromatic rings. The molecular weight excluding hydrogens is 417 g/mol. The zero-order valence-electron chi connectivity index (χ0n) is 15.1. The van der Waals surface area contributed by atoms with Crippen molar-refractivity contribution in [3.8, 4) is 0 Å². The van der Waals surface area contributed by atoms with E-state index in [0.717, 1.165) is 37.4 Å². The lowest BCUT2D eigenvalue weighted by atomic mass is 9.99. The summed E-state index contributed by atoms with van der Waals surface area (Å²) in [6, 6.07) is 2.57. The van der Waals surface area contributed by atoms with Gasteiger partial charge in [0, 0.05) is 24.6 Å². The number of hydrogen-bond acceptors (Lipinski definition) is 4. The number of likely N-dealkylation sites (tertiary alicyclic amines) is 1. The van der Waals surface area contributed by atoms with Crippen molar-refractivity contribution in [3.05, 3.63) is 17.5 Å². The number of rotatable bonds is 8. The van der Waals surface area contributed by atoms with E-state index in [1.807, 2.05) is 6.07 Å². The molecule has 1 fully saturated rings. The lowest BCUT2D eigenvalue weighted by Gasteiger charge is -2.23. The first-order chi connectivity index (χ1) is 11.2. The molecule has 0 saturated carbocycles. The van der Waals surface area contributed by atoms with E-state index in [1.54, 1.807) is 0 Å². The van der Waals surface area contributed by atoms with Crippen LogP contribution in [0.25, 0.3) is 0 Å². The van der Waals surface area contributed by atoms with Gasteiger partial charge >= 0.3 is 0 Å². The van der Waals surface area contributed by atoms with E-state index in [1.165, 1.54) is 19.4 Å². The molecule has 1 unspecified atom stereocenters. The predicted octanol–water partition coefficient (Wildman–Crippen LogP) is 3.08. The minimum atomic E-state index is 0. The molecule has 0 bridgehead atoms. The third-order valence-corrected chi connectivity index (χ3v) is 4.81. The highest BCUT2D eigenvalue weighted by molar-refractivity contribution is 14.0. The molecule has 0 spiro atoms. The van der Waals surface area contributed by atoms with Gasteiger partial charge in [0.2, 0.25) is 0 Å². The van der Waals surface area contributed by atoms with Crippen LogP contribution in [-0.4, -0.2) is 41.7 Å². The molecule has 2 heterocycles. The molecule has 6 nitrogen and oxygen atoms in total. The molecule has 0 aromatic carbocycles. The molecule has 1 atom stereocenters. The SMILES string of the molecule is CCC(CC)c1cc(CN=C(N)NCC2CCCN2CC)on1.I. The minimum Gasteiger partial charge on any atom is -0.370 e. The first-order valence-corrected chi connectivity index (χ1v) is 8.91. The zero-order valence-corrected chi connectivity index (χ0v) is 17.5. The number of hydrogen-bond donors (Lipinski definition) is 2. The predicted molar refractivity (Wildman–Crippen MR) is 109 cm³/mol. The van der Waals surface area contributed by atoms with Crippen LogP contribution in [0.15, 0.2) is 15.6 Å². The van der Waals surface area contributed by atoms with Crippen LogP contribution in [0.3, 0.4) is 0 Å². The van der Waals surface area contributed by atoms with Gasteiger partial charge in [-0.1, -0.05) is 25.9 Å². The van der Waals surface area contributed by atoms with Crippen LogP contribution in [-0.2, 0) is 6.54 Å². The Hall–Kier alpha value is -0.830. The second-order valence-electron chi connectivity index (χ2n) is 6.24. The molecular formula is C17H32IN5O. The number of aromatic nitrogens is 1. The number of nitrogens with zero attached hydrogens (tertiary/aromatic N) is 3. The van der Waals surface area contributed by atoms with Crippen LogP contribution >= 0.6 is 24.0 Å². The van der Waals surface area contributed by atoms with Crippen molar-refractivity contribution in [1.82, 2.24) is 15.4 Å². The van der Waals surface area contributed by atoms with E-state index in [9.17, 15) is 0 Å². The third kappa shape index (κ3) is 5.91. The molecule has 0 amide bonds. The lowest BCUT2D eigenvalue weighted by molar-refractivity contribution is 0.267. The Balaban J connectivity index is 0.00000288. The monoisotopic (exact) mass is 449 g/mol. The van der Waals surface area contributed by atoms with E-state index in [2.05, 4.69) is 41.1 Å². The van der Waals surface area contributed by atoms with Crippen molar-refractivity contribution in [1.29, 1.82) is 0 Å². The summed E-state index contributed by atoms with van der Waals surface area (Å²) in [7, 11) is 0. The van der Waals surface area contributed by atoms with Crippen molar-refractivity contribution < 1.29 is 4.52 Å². The van der Waals surface area contributed by atoms with Crippen molar-refractivity contribution in [2.75, 3.05) is 19.6 Å². The Kier molecular flexibility index (Phi) is 9.65. The van der Waals surface area contributed by atoms with Crippen molar-refractivity contribution >= 4 is 29.9 Å². The second kappa shape index (κ2) is 10.9. The van der Waals surface area contributed by atoms with Crippen LogP contribution in [0.5, 0.6) is 0 Å². The smallest absolute Gasteiger partial charge is 0.189 e. The largest absolute Gasteiger partial charge is 0.370 e. The third-order valence-electron chi connectivity index (χ3n) is 4.81. The Labute approximate surface area is 162 Å². The van der Waals surface area contributed by atoms with Crippen molar-refractivity contribution in [2.45, 2.75) is 65.0 Å². The Bertz CT molecular complexity index is 501. The van der Waals surface area contributed by atoms with E-state index < -0.39 is 0 Å². The molecule has 0 radical (unpaired) electrons. The van der Waals surface area contributed by atoms with Crippen molar-refractivity contribution in [2.24, 2.45) is 10.7 Å². The quantitative estimate of drug-likeness (QED) is 0.362. The number of nitrogens with two attached hydrogens (primary N) is 1. The normalized spacial score (nSPS) is 18.8. The number of likely N-dealkylation sites (N-methyl/N-ethyl adjacent to an activating group) is 1. The van der Waals surface area contributed by atoms with Gasteiger partial charge in [-0.25, -0.2) is 4.99 Å². The fourth-order valence-electron chi connectivity index (χ4n) is 3.29. The molecule has 24 heavy (non-hydrogen) atoms. The van der Waals surface area contributed by atoms with Gasteiger partial charge in [0.25, 0.3) is 0 Å². The summed E-state index contributed by atoms with van der Waals surface area (Å²) in [6.45, 7) is 10.1. The zero-order chi connectivity index (χ0) is 16.7. The summed E-state index contributed by atoms with van der Waals surface area (Å²) in [5.41, 5.74) is 6.99. The molecule has 2 rings (SSSR count). The summed E-state index contributed by atoms with van der Waals surface area (Å²) in [4.78, 5) is 6.85. The lowest BCUT2D eigenvalue weighted by Crippen LogP contribution is -2.42. The van der Waals surface area contributed by atoms with Gasteiger partial charge in [-0.3, -0.25) is 4.90 Å². The van der Waals surface area contributed by atoms with Crippen LogP contribution in [0.2, 0.25) is 0 Å². The Morgan fingerprint density at radius 1 is 1.46 bits per heavy atom. The van der Waals surface area contributed by atoms with E-state index >= 15 is 0 Å². The van der Waals surface area contributed by atoms with Crippen LogP contribution in [0, 0.1) is 0 Å². The van der Waals surface area contributed by atoms with E-state index in [0.29, 0.717) is 24.5 Å². The molecule has 7 heteroatoms. The van der Waals surface area contributed by atoms with Gasteiger partial charge in [-0.05, 0) is 38.8 Å². The fraction of sp³-hybridized carbons (Fsp3) is 0.765. The van der Waals surface area contributed by atoms with Gasteiger partial charge in [0.15, 0.2) is 11.7 Å². The maximum Gasteiger partial charge on any atom is 0.189 e. The van der Waals surface area contributed by atoms with Gasteiger partial charge in [-0.15, -0.1) is 24.0 Å². The fourth-order valence-corrected chi connectivity index (χ4v) is 3.29. The average molecular weight is 449 g/mol. The molecule has 1 aromatic heterocycles. The Morgan fingerprint density at radius 2 is 2.21 bits per heavy atom. The molecule has 138 valence electrons. The summed E-state index contributed by atoms with van der Waals surface area (Å²) >= 11 is 0. The summed E-state index contributed by atoms with van der Waals surface area (Å²) in [5, 5.41) is 7.39. The van der Waals surface area contributed by atoms with Gasteiger partial charge in [0.05, 0.1) is 5.69 Å². The van der Waals surface area contributed by atoms with Crippen LogP contribution < -0.4 is 11.1 Å². The van der Waals surface area contributed by atoms with Gasteiger partial charge in [-0.2, -0.15) is 0 Å². The first kappa shape index (κ1) is 21.2. The average Bonchev–Trinajstić information content (AvgIpc) is 3.21. The maximum absolute atomic E-state index is 5.96. The number of aliphatic imine (C=N–C) groups is 1. The number of halogens is 1. The highest BCUT2D eigenvalue weighted by atomic mass is 127. The van der Waals surface area contributed by atoms with Crippen LogP contribution in [0.1, 0.15) is 63.8 Å². The minimum absolute atomic E-state index is 0. The van der Waals surface area contributed by atoms with E-state index in [4.69, 9.17) is 10.3 Å². The standard InChI is InChI=1S/C17H31N5O.HI/c1-4-13(5-2)16-10-15(23-21-16)12-20-17(18)19-11-14-8-7-9-22(14)6-3;/h10,13-14H,4-9,11-12H2,1-3H3,(H3,18,19,20);1H. The summed E-state index contributed by atoms with van der Waals surface area (Å²) in [5.74, 6) is 1.72. The molecule has 0 aliphatic carbocycles. The summed E-state index contributed by atoms with van der Waals surface area (Å²) in [6.07, 6.45) is 4.65. The molecule has 1 saturated heterocycles. The highest BCUT2D eigenvalue weighted by Gasteiger charge is 2.22.